The number of piperazine rings is 1. The summed E-state index contributed by atoms with van der Waals surface area (Å²) in [4.78, 5) is 31.1. The Labute approximate surface area is 249 Å². The Morgan fingerprint density at radius 1 is 0.929 bits per heavy atom. The van der Waals surface area contributed by atoms with Gasteiger partial charge in [0.2, 0.25) is 0 Å². The standard InChI is InChI=1S/C31H44N4O6S/c1-33-16-18-34(19-17-33)31(38)41-26-14-12-23(13-15-26)20-27(30(36)37)32-28-21-42(39,40)22-29(28)35(24-8-4-2-5-9-24)25-10-6-3-7-11-25/h12-15,21-22,24-25,27,32H,2-11,16-20H2,1H3,(H,36,37)/t27-/m0/s1. The van der Waals surface area contributed by atoms with Crippen molar-refractivity contribution in [2.75, 3.05) is 33.2 Å². The molecule has 42 heavy (non-hydrogen) atoms. The minimum absolute atomic E-state index is 0.138. The SMILES string of the molecule is CN1CCN(C(=O)Oc2ccc(C[C@H](NC3=CS(=O)(=O)C=C3N(C3CCCCC3)C3CCCCC3)C(=O)O)cc2)CC1. The summed E-state index contributed by atoms with van der Waals surface area (Å²) in [5.74, 6) is -0.667. The Kier molecular flexibility index (Phi) is 9.77. The molecule has 230 valence electrons. The molecule has 1 aromatic carbocycles. The molecule has 2 heterocycles. The first-order valence-corrected chi connectivity index (χ1v) is 17.0. The van der Waals surface area contributed by atoms with Gasteiger partial charge in [0.15, 0.2) is 9.84 Å². The highest BCUT2D eigenvalue weighted by Crippen LogP contribution is 2.37. The molecule has 0 aromatic heterocycles. The monoisotopic (exact) mass is 600 g/mol. The minimum atomic E-state index is -3.62. The molecule has 2 saturated carbocycles. The average Bonchev–Trinajstić information content (AvgIpc) is 3.28. The van der Waals surface area contributed by atoms with Gasteiger partial charge in [0, 0.05) is 44.7 Å². The highest BCUT2D eigenvalue weighted by Gasteiger charge is 2.36. The number of carbonyl (C=O) groups excluding carboxylic acids is 1. The summed E-state index contributed by atoms with van der Waals surface area (Å²) in [5, 5.41) is 15.8. The number of rotatable bonds is 9. The van der Waals surface area contributed by atoms with Crippen molar-refractivity contribution in [3.8, 4) is 5.75 Å². The summed E-state index contributed by atoms with van der Waals surface area (Å²) in [6, 6.07) is 6.31. The molecule has 3 fully saturated rings. The van der Waals surface area contributed by atoms with Crippen LogP contribution in [0.5, 0.6) is 5.75 Å². The van der Waals surface area contributed by atoms with Crippen LogP contribution in [0.4, 0.5) is 4.79 Å². The molecule has 1 atom stereocenters. The number of carboxylic acid groups (broad SMARTS) is 1. The van der Waals surface area contributed by atoms with Gasteiger partial charge in [0.05, 0.1) is 22.2 Å². The van der Waals surface area contributed by atoms with Crippen LogP contribution in [0, 0.1) is 0 Å². The molecular weight excluding hydrogens is 556 g/mol. The van der Waals surface area contributed by atoms with Gasteiger partial charge in [-0.2, -0.15) is 0 Å². The lowest BCUT2D eigenvalue weighted by atomic mass is 9.88. The van der Waals surface area contributed by atoms with Crippen LogP contribution in [0.3, 0.4) is 0 Å². The van der Waals surface area contributed by atoms with Crippen molar-refractivity contribution in [3.05, 3.63) is 52.0 Å². The van der Waals surface area contributed by atoms with Gasteiger partial charge in [-0.1, -0.05) is 50.7 Å². The van der Waals surface area contributed by atoms with Crippen molar-refractivity contribution in [3.63, 3.8) is 0 Å². The zero-order valence-electron chi connectivity index (χ0n) is 24.5. The van der Waals surface area contributed by atoms with Crippen molar-refractivity contribution in [2.24, 2.45) is 0 Å². The number of carbonyl (C=O) groups is 2. The van der Waals surface area contributed by atoms with Gasteiger partial charge in [0.25, 0.3) is 0 Å². The molecule has 0 spiro atoms. The summed E-state index contributed by atoms with van der Waals surface area (Å²) < 4.78 is 31.3. The van der Waals surface area contributed by atoms with Gasteiger partial charge in [-0.25, -0.2) is 18.0 Å². The number of benzene rings is 1. The van der Waals surface area contributed by atoms with E-state index in [-0.39, 0.29) is 18.5 Å². The fraction of sp³-hybridized carbons (Fsp3) is 0.613. The third-order valence-corrected chi connectivity index (χ3v) is 10.1. The fourth-order valence-electron chi connectivity index (χ4n) is 6.67. The number of likely N-dealkylation sites (N-methyl/N-ethyl adjacent to an activating group) is 1. The summed E-state index contributed by atoms with van der Waals surface area (Å²) in [6.07, 6.45) is 10.7. The molecule has 1 amide bonds. The molecule has 4 aliphatic rings. The van der Waals surface area contributed by atoms with Crippen LogP contribution in [0.1, 0.15) is 69.8 Å². The lowest BCUT2D eigenvalue weighted by molar-refractivity contribution is -0.139. The smallest absolute Gasteiger partial charge is 0.415 e. The quantitative estimate of drug-likeness (QED) is 0.432. The first-order valence-electron chi connectivity index (χ1n) is 15.4. The van der Waals surface area contributed by atoms with Gasteiger partial charge in [-0.3, -0.25) is 0 Å². The van der Waals surface area contributed by atoms with Crippen LogP contribution in [0.2, 0.25) is 0 Å². The first-order chi connectivity index (χ1) is 20.2. The van der Waals surface area contributed by atoms with Crippen molar-refractivity contribution >= 4 is 21.9 Å². The van der Waals surface area contributed by atoms with Crippen molar-refractivity contribution < 1.29 is 27.9 Å². The second-order valence-electron chi connectivity index (χ2n) is 12.2. The molecule has 0 radical (unpaired) electrons. The maximum atomic E-state index is 12.9. The van der Waals surface area contributed by atoms with Crippen LogP contribution in [-0.2, 0) is 21.1 Å². The summed E-state index contributed by atoms with van der Waals surface area (Å²) in [6.45, 7) is 2.82. The molecule has 10 nitrogen and oxygen atoms in total. The summed E-state index contributed by atoms with van der Waals surface area (Å²) in [5.41, 5.74) is 1.72. The number of carboxylic acids is 1. The van der Waals surface area contributed by atoms with E-state index in [1.165, 1.54) is 23.7 Å². The van der Waals surface area contributed by atoms with E-state index in [0.717, 1.165) is 70.0 Å². The van der Waals surface area contributed by atoms with E-state index in [0.29, 0.717) is 30.2 Å². The van der Waals surface area contributed by atoms with E-state index >= 15 is 0 Å². The Bertz CT molecular complexity index is 1260. The van der Waals surface area contributed by atoms with Gasteiger partial charge < -0.3 is 29.9 Å². The van der Waals surface area contributed by atoms with E-state index < -0.39 is 27.9 Å². The number of hydrogen-bond acceptors (Lipinski definition) is 8. The van der Waals surface area contributed by atoms with Crippen molar-refractivity contribution in [1.82, 2.24) is 20.0 Å². The van der Waals surface area contributed by atoms with Gasteiger partial charge in [0.1, 0.15) is 11.8 Å². The molecule has 2 aliphatic heterocycles. The molecule has 1 saturated heterocycles. The number of ether oxygens (including phenoxy) is 1. The number of nitrogens with zero attached hydrogens (tertiary/aromatic N) is 3. The van der Waals surface area contributed by atoms with Crippen LogP contribution in [-0.4, -0.2) is 91.6 Å². The highest BCUT2D eigenvalue weighted by atomic mass is 32.2. The van der Waals surface area contributed by atoms with Crippen LogP contribution in [0.25, 0.3) is 0 Å². The van der Waals surface area contributed by atoms with E-state index in [4.69, 9.17) is 4.74 Å². The Morgan fingerprint density at radius 3 is 2.05 bits per heavy atom. The van der Waals surface area contributed by atoms with Crippen molar-refractivity contribution in [2.45, 2.75) is 88.8 Å². The third-order valence-electron chi connectivity index (χ3n) is 9.01. The van der Waals surface area contributed by atoms with Crippen LogP contribution in [0.15, 0.2) is 46.5 Å². The normalized spacial score (nSPS) is 22.6. The predicted molar refractivity (Wildman–Crippen MR) is 160 cm³/mol. The molecular formula is C31H44N4O6S. The van der Waals surface area contributed by atoms with Gasteiger partial charge in [-0.15, -0.1) is 0 Å². The molecule has 0 unspecified atom stereocenters. The lowest BCUT2D eigenvalue weighted by Crippen LogP contribution is -2.48. The molecule has 2 aliphatic carbocycles. The predicted octanol–water partition coefficient (Wildman–Crippen LogP) is 4.10. The Balaban J connectivity index is 1.28. The molecule has 0 bridgehead atoms. The minimum Gasteiger partial charge on any atom is -0.480 e. The molecule has 5 rings (SSSR count). The molecule has 1 aromatic rings. The number of nitrogens with one attached hydrogen (secondary N) is 1. The number of hydrogen-bond donors (Lipinski definition) is 2. The molecule has 2 N–H and O–H groups in total. The third kappa shape index (κ3) is 7.66. The van der Waals surface area contributed by atoms with Crippen molar-refractivity contribution in [1.29, 1.82) is 0 Å². The van der Waals surface area contributed by atoms with Crippen LogP contribution >= 0.6 is 0 Å². The Hall–Kier alpha value is -3.05. The zero-order chi connectivity index (χ0) is 29.7. The maximum Gasteiger partial charge on any atom is 0.415 e. The first kappa shape index (κ1) is 30.4. The largest absolute Gasteiger partial charge is 0.480 e. The van der Waals surface area contributed by atoms with E-state index in [2.05, 4.69) is 15.1 Å². The second kappa shape index (κ2) is 13.5. The number of sulfone groups is 1. The molecule has 11 heteroatoms. The van der Waals surface area contributed by atoms with E-state index in [9.17, 15) is 23.1 Å². The number of amides is 1. The lowest BCUT2D eigenvalue weighted by Gasteiger charge is -2.44. The summed E-state index contributed by atoms with van der Waals surface area (Å²) >= 11 is 0. The topological polar surface area (TPSA) is 119 Å². The van der Waals surface area contributed by atoms with Gasteiger partial charge >= 0.3 is 12.1 Å². The maximum absolute atomic E-state index is 12.9. The summed E-state index contributed by atoms with van der Waals surface area (Å²) in [7, 11) is -1.60. The Morgan fingerprint density at radius 2 is 1.50 bits per heavy atom. The van der Waals surface area contributed by atoms with Crippen LogP contribution < -0.4 is 10.1 Å². The fourth-order valence-corrected chi connectivity index (χ4v) is 7.81. The van der Waals surface area contributed by atoms with E-state index in [1.54, 1.807) is 29.2 Å². The second-order valence-corrected chi connectivity index (χ2v) is 13.8. The number of aliphatic carboxylic acids is 1. The zero-order valence-corrected chi connectivity index (χ0v) is 25.4. The van der Waals surface area contributed by atoms with E-state index in [1.807, 2.05) is 7.05 Å². The highest BCUT2D eigenvalue weighted by molar-refractivity contribution is 7.97. The average molecular weight is 601 g/mol. The van der Waals surface area contributed by atoms with Gasteiger partial charge in [-0.05, 0) is 50.4 Å².